The fourth-order valence-corrected chi connectivity index (χ4v) is 1.73. The van der Waals surface area contributed by atoms with E-state index in [4.69, 9.17) is 10.2 Å². The summed E-state index contributed by atoms with van der Waals surface area (Å²) >= 11 is 0. The van der Waals surface area contributed by atoms with Crippen LogP contribution in [0.5, 0.6) is 0 Å². The molecule has 0 heterocycles. The number of halogens is 1. The maximum absolute atomic E-state index is 13.2. The first-order chi connectivity index (χ1) is 7.88. The van der Waals surface area contributed by atoms with Crippen molar-refractivity contribution in [3.8, 4) is 0 Å². The highest BCUT2D eigenvalue weighted by molar-refractivity contribution is 5.72. The molecule has 92 valence electrons. The lowest BCUT2D eigenvalue weighted by atomic mass is 9.91. The van der Waals surface area contributed by atoms with Crippen molar-refractivity contribution in [3.63, 3.8) is 0 Å². The van der Waals surface area contributed by atoms with Crippen molar-refractivity contribution in [3.05, 3.63) is 35.1 Å². The van der Waals surface area contributed by atoms with Crippen LogP contribution in [-0.2, 0) is 9.59 Å². The van der Waals surface area contributed by atoms with Crippen LogP contribution in [0.3, 0.4) is 0 Å². The Hall–Kier alpha value is -1.91. The molecule has 5 heteroatoms. The van der Waals surface area contributed by atoms with E-state index in [-0.39, 0.29) is 12.8 Å². The normalized spacial score (nSPS) is 10.5. The average molecular weight is 240 g/mol. The van der Waals surface area contributed by atoms with Crippen molar-refractivity contribution in [2.45, 2.75) is 25.7 Å². The van der Waals surface area contributed by atoms with Gasteiger partial charge in [0.15, 0.2) is 0 Å². The van der Waals surface area contributed by atoms with Crippen LogP contribution in [0, 0.1) is 12.7 Å². The molecule has 0 saturated carbocycles. The summed E-state index contributed by atoms with van der Waals surface area (Å²) < 4.78 is 13.2. The Kier molecular flexibility index (Phi) is 4.20. The maximum atomic E-state index is 13.2. The Morgan fingerprint density at radius 3 is 2.12 bits per heavy atom. The monoisotopic (exact) mass is 240 g/mol. The summed E-state index contributed by atoms with van der Waals surface area (Å²) in [5, 5.41) is 17.4. The second-order valence-corrected chi connectivity index (χ2v) is 3.95. The Morgan fingerprint density at radius 2 is 1.71 bits per heavy atom. The van der Waals surface area contributed by atoms with E-state index >= 15 is 0 Å². The van der Waals surface area contributed by atoms with Crippen molar-refractivity contribution < 1.29 is 24.2 Å². The largest absolute Gasteiger partial charge is 0.481 e. The smallest absolute Gasteiger partial charge is 0.303 e. The minimum Gasteiger partial charge on any atom is -0.481 e. The highest BCUT2D eigenvalue weighted by Crippen LogP contribution is 2.25. The first kappa shape index (κ1) is 13.2. The summed E-state index contributed by atoms with van der Waals surface area (Å²) in [7, 11) is 0. The van der Waals surface area contributed by atoms with Crippen molar-refractivity contribution in [1.82, 2.24) is 0 Å². The number of carbonyl (C=O) groups is 2. The molecule has 0 aliphatic carbocycles. The zero-order chi connectivity index (χ0) is 13.0. The topological polar surface area (TPSA) is 74.6 Å². The van der Waals surface area contributed by atoms with Gasteiger partial charge in [-0.2, -0.15) is 0 Å². The van der Waals surface area contributed by atoms with E-state index in [1.54, 1.807) is 13.0 Å². The van der Waals surface area contributed by atoms with Crippen molar-refractivity contribution >= 4 is 11.9 Å². The van der Waals surface area contributed by atoms with E-state index in [2.05, 4.69) is 0 Å². The molecule has 2 N–H and O–H groups in total. The van der Waals surface area contributed by atoms with Crippen molar-refractivity contribution in [1.29, 1.82) is 0 Å². The number of carboxylic acids is 2. The second-order valence-electron chi connectivity index (χ2n) is 3.95. The predicted molar refractivity (Wildman–Crippen MR) is 58.4 cm³/mol. The number of hydrogen-bond donors (Lipinski definition) is 2. The van der Waals surface area contributed by atoms with Gasteiger partial charge >= 0.3 is 11.9 Å². The molecule has 0 saturated heterocycles. The molecule has 4 nitrogen and oxygen atoms in total. The Labute approximate surface area is 97.7 Å². The summed E-state index contributed by atoms with van der Waals surface area (Å²) in [4.78, 5) is 21.3. The summed E-state index contributed by atoms with van der Waals surface area (Å²) in [6, 6.07) is 4.10. The second kappa shape index (κ2) is 5.43. The summed E-state index contributed by atoms with van der Waals surface area (Å²) in [5.41, 5.74) is 1.05. The molecule has 0 amide bonds. The number of aliphatic carboxylic acids is 2. The van der Waals surface area contributed by atoms with E-state index in [0.717, 1.165) is 0 Å². The highest BCUT2D eigenvalue weighted by Gasteiger charge is 2.19. The number of hydrogen-bond acceptors (Lipinski definition) is 2. The number of rotatable bonds is 5. The molecule has 1 aromatic rings. The van der Waals surface area contributed by atoms with E-state index in [0.29, 0.717) is 11.1 Å². The number of benzene rings is 1. The zero-order valence-electron chi connectivity index (χ0n) is 9.31. The van der Waals surface area contributed by atoms with Crippen LogP contribution in [-0.4, -0.2) is 22.2 Å². The predicted octanol–water partition coefficient (Wildman–Crippen LogP) is 2.17. The molecule has 0 fully saturated rings. The highest BCUT2D eigenvalue weighted by atomic mass is 19.1. The van der Waals surface area contributed by atoms with Crippen LogP contribution in [0.25, 0.3) is 0 Å². The molecule has 0 spiro atoms. The van der Waals surface area contributed by atoms with Crippen LogP contribution in [0.4, 0.5) is 4.39 Å². The molecular formula is C12H13FO4. The van der Waals surface area contributed by atoms with Crippen LogP contribution < -0.4 is 0 Å². The Bertz CT molecular complexity index is 406. The lowest BCUT2D eigenvalue weighted by Gasteiger charge is -2.13. The molecule has 1 aromatic carbocycles. The minimum atomic E-state index is -1.10. The molecular weight excluding hydrogens is 227 g/mol. The molecule has 0 aromatic heterocycles. The minimum absolute atomic E-state index is 0.324. The van der Waals surface area contributed by atoms with E-state index in [1.807, 2.05) is 0 Å². The molecule has 0 unspecified atom stereocenters. The molecule has 0 aliphatic rings. The SMILES string of the molecule is Cc1cc(F)cc(C(CC(=O)O)CC(=O)O)c1. The zero-order valence-corrected chi connectivity index (χ0v) is 9.31. The summed E-state index contributed by atoms with van der Waals surface area (Å²) in [6.07, 6.45) is -0.648. The van der Waals surface area contributed by atoms with Crippen LogP contribution >= 0.6 is 0 Å². The third-order valence-electron chi connectivity index (χ3n) is 2.38. The quantitative estimate of drug-likeness (QED) is 0.827. The van der Waals surface area contributed by atoms with Gasteiger partial charge in [0.2, 0.25) is 0 Å². The summed E-state index contributed by atoms with van der Waals surface area (Å²) in [6.45, 7) is 1.67. The molecule has 0 atom stereocenters. The fourth-order valence-electron chi connectivity index (χ4n) is 1.73. The van der Waals surface area contributed by atoms with Crippen molar-refractivity contribution in [2.24, 2.45) is 0 Å². The van der Waals surface area contributed by atoms with Crippen LogP contribution in [0.1, 0.15) is 29.9 Å². The van der Waals surface area contributed by atoms with Gasteiger partial charge in [-0.3, -0.25) is 9.59 Å². The van der Waals surface area contributed by atoms with Gasteiger partial charge in [0.25, 0.3) is 0 Å². The molecule has 0 bridgehead atoms. The summed E-state index contributed by atoms with van der Waals surface area (Å²) in [5.74, 6) is -3.39. The van der Waals surface area contributed by atoms with E-state index in [9.17, 15) is 14.0 Å². The van der Waals surface area contributed by atoms with Crippen molar-refractivity contribution in [2.75, 3.05) is 0 Å². The first-order valence-corrected chi connectivity index (χ1v) is 5.09. The molecule has 17 heavy (non-hydrogen) atoms. The van der Waals surface area contributed by atoms with Gasteiger partial charge in [0.1, 0.15) is 5.82 Å². The Balaban J connectivity index is 3.02. The maximum Gasteiger partial charge on any atom is 0.303 e. The number of aryl methyl sites for hydroxylation is 1. The van der Waals surface area contributed by atoms with Gasteiger partial charge in [-0.25, -0.2) is 4.39 Å². The molecule has 1 rings (SSSR count). The fraction of sp³-hybridized carbons (Fsp3) is 0.333. The number of carboxylic acid groups (broad SMARTS) is 2. The lowest BCUT2D eigenvalue weighted by molar-refractivity contribution is -0.139. The van der Waals surface area contributed by atoms with Crippen LogP contribution in [0.2, 0.25) is 0 Å². The van der Waals surface area contributed by atoms with E-state index in [1.165, 1.54) is 12.1 Å². The lowest BCUT2D eigenvalue weighted by Crippen LogP contribution is -2.11. The molecule has 0 radical (unpaired) electrons. The van der Waals surface area contributed by atoms with Gasteiger partial charge < -0.3 is 10.2 Å². The van der Waals surface area contributed by atoms with Gasteiger partial charge in [-0.05, 0) is 30.2 Å². The molecule has 0 aliphatic heterocycles. The van der Waals surface area contributed by atoms with Gasteiger partial charge in [0, 0.05) is 5.92 Å². The van der Waals surface area contributed by atoms with E-state index < -0.39 is 23.7 Å². The third-order valence-corrected chi connectivity index (χ3v) is 2.38. The van der Waals surface area contributed by atoms with Gasteiger partial charge in [-0.1, -0.05) is 6.07 Å². The standard InChI is InChI=1S/C12H13FO4/c1-7-2-8(4-10(13)3-7)9(5-11(14)15)6-12(16)17/h2-4,9H,5-6H2,1H3,(H,14,15)(H,16,17). The van der Waals surface area contributed by atoms with Gasteiger partial charge in [-0.15, -0.1) is 0 Å². The van der Waals surface area contributed by atoms with Crippen LogP contribution in [0.15, 0.2) is 18.2 Å². The van der Waals surface area contributed by atoms with Gasteiger partial charge in [0.05, 0.1) is 12.8 Å². The average Bonchev–Trinajstić information content (AvgIpc) is 2.13. The third kappa shape index (κ3) is 4.22. The Morgan fingerprint density at radius 1 is 1.18 bits per heavy atom. The first-order valence-electron chi connectivity index (χ1n) is 5.09.